The van der Waals surface area contributed by atoms with Crippen molar-refractivity contribution in [1.29, 1.82) is 0 Å². The van der Waals surface area contributed by atoms with Crippen LogP contribution in [0.4, 0.5) is 26.3 Å². The summed E-state index contributed by atoms with van der Waals surface area (Å²) < 4.78 is 87.1. The van der Waals surface area contributed by atoms with Crippen LogP contribution in [-0.4, -0.2) is 0 Å². The van der Waals surface area contributed by atoms with Crippen LogP contribution in [0.25, 0.3) is 11.1 Å². The first-order chi connectivity index (χ1) is 14.5. The molecule has 0 heterocycles. The van der Waals surface area contributed by atoms with Gasteiger partial charge in [-0.05, 0) is 29.7 Å². The summed E-state index contributed by atoms with van der Waals surface area (Å²) in [5.41, 5.74) is 0.134. The molecular formula is C22H14Cl2F6O. The summed E-state index contributed by atoms with van der Waals surface area (Å²) in [6.45, 7) is 1.96. The lowest BCUT2D eigenvalue weighted by atomic mass is 10.00. The van der Waals surface area contributed by atoms with Crippen LogP contribution >= 0.6 is 23.2 Å². The van der Waals surface area contributed by atoms with Gasteiger partial charge in [0.05, 0.1) is 15.6 Å². The van der Waals surface area contributed by atoms with Gasteiger partial charge in [-0.1, -0.05) is 54.7 Å². The fourth-order valence-electron chi connectivity index (χ4n) is 2.99. The Kier molecular flexibility index (Phi) is 6.76. The van der Waals surface area contributed by atoms with Gasteiger partial charge >= 0.3 is 6.11 Å². The zero-order chi connectivity index (χ0) is 22.9. The summed E-state index contributed by atoms with van der Waals surface area (Å²) in [4.78, 5) is 0. The maximum absolute atomic E-state index is 14.5. The van der Waals surface area contributed by atoms with Crippen LogP contribution in [0.15, 0.2) is 42.5 Å². The average Bonchev–Trinajstić information content (AvgIpc) is 2.69. The molecule has 1 nitrogen and oxygen atoms in total. The molecule has 0 aromatic heterocycles. The van der Waals surface area contributed by atoms with E-state index in [4.69, 9.17) is 23.2 Å². The van der Waals surface area contributed by atoms with Gasteiger partial charge in [0, 0.05) is 17.7 Å². The Labute approximate surface area is 184 Å². The molecule has 0 unspecified atom stereocenters. The number of hydrogen-bond acceptors (Lipinski definition) is 1. The first-order valence-corrected chi connectivity index (χ1v) is 9.79. The molecule has 0 aliphatic rings. The highest BCUT2D eigenvalue weighted by atomic mass is 35.5. The van der Waals surface area contributed by atoms with Crippen LogP contribution in [0.1, 0.15) is 24.5 Å². The van der Waals surface area contributed by atoms with Crippen molar-refractivity contribution in [2.75, 3.05) is 0 Å². The monoisotopic (exact) mass is 478 g/mol. The lowest BCUT2D eigenvalue weighted by molar-refractivity contribution is -0.187. The number of aryl methyl sites for hydroxylation is 1. The van der Waals surface area contributed by atoms with Crippen LogP contribution < -0.4 is 4.74 Å². The van der Waals surface area contributed by atoms with Gasteiger partial charge in [0.1, 0.15) is 11.6 Å². The lowest BCUT2D eigenvalue weighted by Crippen LogP contribution is -2.23. The Morgan fingerprint density at radius 2 is 1.48 bits per heavy atom. The van der Waals surface area contributed by atoms with Gasteiger partial charge in [0.15, 0.2) is 17.5 Å². The number of benzene rings is 3. The molecule has 0 saturated heterocycles. The summed E-state index contributed by atoms with van der Waals surface area (Å²) in [7, 11) is 0. The highest BCUT2D eigenvalue weighted by Crippen LogP contribution is 2.39. The Morgan fingerprint density at radius 1 is 0.839 bits per heavy atom. The molecule has 164 valence electrons. The summed E-state index contributed by atoms with van der Waals surface area (Å²) in [5.74, 6) is -7.65. The highest BCUT2D eigenvalue weighted by molar-refractivity contribution is 6.44. The number of hydrogen-bond donors (Lipinski definition) is 0. The molecule has 31 heavy (non-hydrogen) atoms. The van der Waals surface area contributed by atoms with E-state index >= 15 is 0 Å². The second kappa shape index (κ2) is 9.01. The van der Waals surface area contributed by atoms with Crippen LogP contribution in [0, 0.1) is 23.3 Å². The van der Waals surface area contributed by atoms with E-state index in [-0.39, 0.29) is 22.7 Å². The molecule has 3 aromatic carbocycles. The Morgan fingerprint density at radius 3 is 2.06 bits per heavy atom. The quantitative estimate of drug-likeness (QED) is 0.255. The third-order valence-electron chi connectivity index (χ3n) is 4.48. The fourth-order valence-corrected chi connectivity index (χ4v) is 3.54. The lowest BCUT2D eigenvalue weighted by Gasteiger charge is -2.20. The second-order valence-corrected chi connectivity index (χ2v) is 7.42. The molecule has 0 aliphatic carbocycles. The molecule has 0 radical (unpaired) electrons. The smallest absolute Gasteiger partial charge is 0.429 e. The molecule has 0 aliphatic heterocycles. The van der Waals surface area contributed by atoms with Crippen LogP contribution in [0.5, 0.6) is 5.75 Å². The summed E-state index contributed by atoms with van der Waals surface area (Å²) in [6.07, 6.45) is -2.79. The van der Waals surface area contributed by atoms with Gasteiger partial charge < -0.3 is 4.74 Å². The number of alkyl halides is 2. The van der Waals surface area contributed by atoms with Crippen molar-refractivity contribution in [2.45, 2.75) is 25.9 Å². The van der Waals surface area contributed by atoms with E-state index < -0.39 is 40.7 Å². The maximum Gasteiger partial charge on any atom is 0.429 e. The average molecular weight is 479 g/mol. The van der Waals surface area contributed by atoms with E-state index in [0.29, 0.717) is 17.0 Å². The van der Waals surface area contributed by atoms with Crippen molar-refractivity contribution >= 4 is 23.2 Å². The minimum Gasteiger partial charge on any atom is -0.429 e. The SMILES string of the molecule is CCCc1ccc(-c2ccc(C(F)(F)Oc3cc(F)c(F)c(F)c3)c(F)c2)c(Cl)c1Cl. The standard InChI is InChI=1S/C22H14Cl2F6O/c1-2-3-11-4-6-14(20(24)19(11)23)12-5-7-15(16(25)8-12)22(29,30)31-13-9-17(26)21(28)18(27)10-13/h4-10H,2-3H2,1H3. The maximum atomic E-state index is 14.5. The van der Waals surface area contributed by atoms with Crippen molar-refractivity contribution in [3.63, 3.8) is 0 Å². The van der Waals surface area contributed by atoms with Crippen molar-refractivity contribution in [3.05, 3.63) is 86.9 Å². The summed E-state index contributed by atoms with van der Waals surface area (Å²) >= 11 is 12.5. The molecule has 9 heteroatoms. The third-order valence-corrected chi connectivity index (χ3v) is 5.40. The first kappa shape index (κ1) is 23.3. The van der Waals surface area contributed by atoms with E-state index in [9.17, 15) is 26.3 Å². The molecule has 3 rings (SSSR count). The van der Waals surface area contributed by atoms with Crippen LogP contribution in [0.3, 0.4) is 0 Å². The molecule has 0 saturated carbocycles. The molecule has 0 atom stereocenters. The topological polar surface area (TPSA) is 9.23 Å². The summed E-state index contributed by atoms with van der Waals surface area (Å²) in [5, 5.41) is 0.444. The largest absolute Gasteiger partial charge is 0.429 e. The van der Waals surface area contributed by atoms with Crippen LogP contribution in [0.2, 0.25) is 10.0 Å². The molecular weight excluding hydrogens is 465 g/mol. The van der Waals surface area contributed by atoms with E-state index in [0.717, 1.165) is 24.1 Å². The molecule has 0 bridgehead atoms. The Balaban J connectivity index is 1.94. The number of ether oxygens (including phenoxy) is 1. The van der Waals surface area contributed by atoms with Gasteiger partial charge in [-0.2, -0.15) is 8.78 Å². The highest BCUT2D eigenvalue weighted by Gasteiger charge is 2.38. The van der Waals surface area contributed by atoms with Crippen molar-refractivity contribution in [2.24, 2.45) is 0 Å². The van der Waals surface area contributed by atoms with Gasteiger partial charge in [-0.25, -0.2) is 17.6 Å². The number of halogens is 8. The predicted molar refractivity (Wildman–Crippen MR) is 107 cm³/mol. The van der Waals surface area contributed by atoms with Crippen molar-refractivity contribution in [3.8, 4) is 16.9 Å². The second-order valence-electron chi connectivity index (χ2n) is 6.66. The van der Waals surface area contributed by atoms with Crippen molar-refractivity contribution < 1.29 is 31.1 Å². The van der Waals surface area contributed by atoms with E-state index in [1.807, 2.05) is 6.92 Å². The predicted octanol–water partition coefficient (Wildman–Crippen LogP) is 8.30. The van der Waals surface area contributed by atoms with E-state index in [1.165, 1.54) is 6.07 Å². The fraction of sp³-hybridized carbons (Fsp3) is 0.182. The van der Waals surface area contributed by atoms with Gasteiger partial charge in [0.2, 0.25) is 0 Å². The summed E-state index contributed by atoms with van der Waals surface area (Å²) in [6, 6.07) is 6.54. The number of rotatable bonds is 6. The Bertz CT molecular complexity index is 1110. The van der Waals surface area contributed by atoms with Gasteiger partial charge in [-0.3, -0.25) is 0 Å². The van der Waals surface area contributed by atoms with Gasteiger partial charge in [0.25, 0.3) is 0 Å². The zero-order valence-electron chi connectivity index (χ0n) is 15.9. The first-order valence-electron chi connectivity index (χ1n) is 9.03. The van der Waals surface area contributed by atoms with E-state index in [1.54, 1.807) is 12.1 Å². The minimum absolute atomic E-state index is 0.153. The normalized spacial score (nSPS) is 11.6. The molecule has 0 amide bonds. The minimum atomic E-state index is -4.30. The van der Waals surface area contributed by atoms with Crippen LogP contribution in [-0.2, 0) is 12.5 Å². The molecule has 0 N–H and O–H groups in total. The molecule has 0 fully saturated rings. The molecule has 3 aromatic rings. The molecule has 0 spiro atoms. The zero-order valence-corrected chi connectivity index (χ0v) is 17.4. The third kappa shape index (κ3) is 4.77. The van der Waals surface area contributed by atoms with Gasteiger partial charge in [-0.15, -0.1) is 0 Å². The van der Waals surface area contributed by atoms with Crippen molar-refractivity contribution in [1.82, 2.24) is 0 Å². The Hall–Kier alpha value is -2.38. The van der Waals surface area contributed by atoms with E-state index in [2.05, 4.69) is 4.74 Å².